The highest BCUT2D eigenvalue weighted by Crippen LogP contribution is 2.49. The number of ether oxygens (including phenoxy) is 6. The van der Waals surface area contributed by atoms with E-state index in [4.69, 9.17) is 39.1 Å². The van der Waals surface area contributed by atoms with Gasteiger partial charge < -0.3 is 59.1 Å². The quantitative estimate of drug-likeness (QED) is 0.157. The molecule has 0 saturated carbocycles. The number of pyridine rings is 2. The summed E-state index contributed by atoms with van der Waals surface area (Å²) in [5, 5.41) is 3.36. The van der Waals surface area contributed by atoms with Crippen LogP contribution in [0.2, 0.25) is 0 Å². The monoisotopic (exact) mass is 1190 g/mol. The number of hydrogen-bond acceptors (Lipinski definition) is 18. The molecule has 0 aliphatic carbocycles. The van der Waals surface area contributed by atoms with Gasteiger partial charge in [-0.3, -0.25) is 9.97 Å². The summed E-state index contributed by atoms with van der Waals surface area (Å²) < 4.78 is 36.0. The molecule has 12 rings (SSSR count). The Morgan fingerprint density at radius 3 is 1.47 bits per heavy atom. The maximum Gasteiger partial charge on any atom is 0.410 e. The van der Waals surface area contributed by atoms with E-state index >= 15 is 0 Å². The Balaban J connectivity index is 0.000000148. The molecule has 0 unspecified atom stereocenters. The Kier molecular flexibility index (Phi) is 16.3. The minimum Gasteiger partial charge on any atom is -0.478 e. The minimum absolute atomic E-state index is 0.209. The second kappa shape index (κ2) is 23.3. The molecule has 3 N–H and O–H groups in total. The van der Waals surface area contributed by atoms with Crippen LogP contribution in [-0.2, 0) is 30.1 Å². The third kappa shape index (κ3) is 13.0. The van der Waals surface area contributed by atoms with Crippen molar-refractivity contribution in [1.82, 2.24) is 39.7 Å². The molecule has 416 valence electrons. The second-order valence-electron chi connectivity index (χ2n) is 22.1. The predicted molar refractivity (Wildman–Crippen MR) is 309 cm³/mol. The first-order valence-electron chi connectivity index (χ1n) is 27.0. The largest absolute Gasteiger partial charge is 0.478 e. The summed E-state index contributed by atoms with van der Waals surface area (Å²) in [5.74, 6) is 2.31. The van der Waals surface area contributed by atoms with E-state index in [1.54, 1.807) is 28.4 Å². The van der Waals surface area contributed by atoms with Crippen LogP contribution in [0, 0.1) is 3.57 Å². The molecule has 6 aromatic rings. The Hall–Kier alpha value is -7.11. The molecule has 21 heteroatoms. The number of anilines is 5. The molecular formula is C58H69IN12O8. The van der Waals surface area contributed by atoms with Gasteiger partial charge in [-0.15, -0.1) is 0 Å². The molecule has 0 radical (unpaired) electrons. The lowest BCUT2D eigenvalue weighted by atomic mass is 9.84. The van der Waals surface area contributed by atoms with E-state index in [1.807, 2.05) is 84.1 Å². The number of nitrogens with zero attached hydrogens (tertiary/aromatic N) is 10. The fourth-order valence-corrected chi connectivity index (χ4v) is 10.7. The van der Waals surface area contributed by atoms with Gasteiger partial charge in [0.15, 0.2) is 11.2 Å². The molecule has 20 nitrogen and oxygen atoms in total. The van der Waals surface area contributed by atoms with E-state index in [2.05, 4.69) is 99.0 Å². The number of piperazine rings is 2. The third-order valence-electron chi connectivity index (χ3n) is 14.3. The van der Waals surface area contributed by atoms with Crippen molar-refractivity contribution in [2.75, 3.05) is 99.6 Å². The summed E-state index contributed by atoms with van der Waals surface area (Å²) >= 11 is 2.30. The molecule has 6 aliphatic rings. The fraction of sp³-hybridized carbons (Fsp3) is 0.448. The van der Waals surface area contributed by atoms with Crippen LogP contribution >= 0.6 is 22.6 Å². The number of nitrogens with one attached hydrogen (secondary N) is 1. The van der Waals surface area contributed by atoms with Crippen molar-refractivity contribution < 1.29 is 38.0 Å². The fourth-order valence-electron chi connectivity index (χ4n) is 10.3. The Bertz CT molecular complexity index is 3090. The number of nitrogens with two attached hydrogens (primary N) is 1. The smallest absolute Gasteiger partial charge is 0.410 e. The average molecular weight is 1190 g/mol. The zero-order valence-electron chi connectivity index (χ0n) is 45.7. The molecular weight excluding hydrogens is 1120 g/mol. The molecule has 2 spiro atoms. The molecule has 4 saturated heterocycles. The van der Waals surface area contributed by atoms with Crippen LogP contribution in [0.4, 0.5) is 38.5 Å². The van der Waals surface area contributed by atoms with Gasteiger partial charge in [-0.2, -0.15) is 0 Å². The topological polar surface area (TPSA) is 218 Å². The van der Waals surface area contributed by atoms with Gasteiger partial charge in [-0.05, 0) is 137 Å². The lowest BCUT2D eigenvalue weighted by molar-refractivity contribution is -0.0545. The SMILES string of the molecule is CC(C)(C)OC(=O)N1CCN(c2ccc(I)cc2)CC1.CC(C)(C)OC(=O)N1CCN(c2ccc(Nc3ncc4c(n3)C3(CCOCC3)Oc3cccnc3-4)cc2)CC1.Nc1ncc2c(n1)C1(CCOCC1)Oc1cccnc1-2. The zero-order valence-corrected chi connectivity index (χ0v) is 47.9. The van der Waals surface area contributed by atoms with Crippen LogP contribution in [0.5, 0.6) is 11.5 Å². The number of hydrogen-bond donors (Lipinski definition) is 2. The first-order valence-corrected chi connectivity index (χ1v) is 28.0. The van der Waals surface area contributed by atoms with Crippen LogP contribution in [0.15, 0.2) is 97.6 Å². The highest BCUT2D eigenvalue weighted by Gasteiger charge is 2.46. The molecule has 79 heavy (non-hydrogen) atoms. The van der Waals surface area contributed by atoms with E-state index in [1.165, 1.54) is 9.26 Å². The van der Waals surface area contributed by atoms with Gasteiger partial charge in [0.2, 0.25) is 11.9 Å². The minimum atomic E-state index is -0.547. The Labute approximate surface area is 474 Å². The van der Waals surface area contributed by atoms with Crippen molar-refractivity contribution in [3.8, 4) is 34.0 Å². The number of carbonyl (C=O) groups excluding carboxylic acids is 2. The number of rotatable bonds is 4. The number of amides is 2. The van der Waals surface area contributed by atoms with Gasteiger partial charge >= 0.3 is 12.2 Å². The highest BCUT2D eigenvalue weighted by atomic mass is 127. The lowest BCUT2D eigenvalue weighted by Gasteiger charge is -2.41. The van der Waals surface area contributed by atoms with E-state index in [0.29, 0.717) is 58.6 Å². The number of halogens is 1. The third-order valence-corrected chi connectivity index (χ3v) is 15.0. The van der Waals surface area contributed by atoms with E-state index < -0.39 is 22.4 Å². The maximum absolute atomic E-state index is 12.4. The molecule has 2 aromatic carbocycles. The molecule has 2 amide bonds. The Morgan fingerprint density at radius 2 is 1.01 bits per heavy atom. The van der Waals surface area contributed by atoms with E-state index in [-0.39, 0.29) is 18.1 Å². The maximum atomic E-state index is 12.4. The summed E-state index contributed by atoms with van der Waals surface area (Å²) in [7, 11) is 0. The van der Waals surface area contributed by atoms with Gasteiger partial charge in [-0.25, -0.2) is 29.5 Å². The van der Waals surface area contributed by atoms with Gasteiger partial charge in [0.05, 0.1) is 37.8 Å². The molecule has 0 bridgehead atoms. The number of nitrogen functional groups attached to an aromatic ring is 1. The predicted octanol–water partition coefficient (Wildman–Crippen LogP) is 9.60. The highest BCUT2D eigenvalue weighted by molar-refractivity contribution is 14.1. The van der Waals surface area contributed by atoms with Gasteiger partial charge in [0.25, 0.3) is 0 Å². The van der Waals surface area contributed by atoms with Gasteiger partial charge in [0.1, 0.15) is 34.1 Å². The molecule has 10 heterocycles. The first kappa shape index (κ1) is 55.2. The number of carbonyl (C=O) groups is 2. The van der Waals surface area contributed by atoms with E-state index in [0.717, 1.165) is 109 Å². The summed E-state index contributed by atoms with van der Waals surface area (Å²) in [4.78, 5) is 59.5. The first-order chi connectivity index (χ1) is 37.9. The van der Waals surface area contributed by atoms with Crippen LogP contribution in [-0.4, -0.2) is 142 Å². The van der Waals surface area contributed by atoms with Crippen molar-refractivity contribution in [3.05, 3.63) is 113 Å². The van der Waals surface area contributed by atoms with Crippen LogP contribution in [0.1, 0.15) is 78.6 Å². The molecule has 4 fully saturated rings. The second-order valence-corrected chi connectivity index (χ2v) is 23.4. The summed E-state index contributed by atoms with van der Waals surface area (Å²) in [6, 6.07) is 24.3. The molecule has 4 aromatic heterocycles. The van der Waals surface area contributed by atoms with Crippen molar-refractivity contribution in [3.63, 3.8) is 0 Å². The van der Waals surface area contributed by atoms with Crippen molar-refractivity contribution in [1.29, 1.82) is 0 Å². The number of aromatic nitrogens is 6. The van der Waals surface area contributed by atoms with Crippen molar-refractivity contribution in [2.24, 2.45) is 0 Å². The normalized spacial score (nSPS) is 17.9. The number of fused-ring (bicyclic) bond motifs is 8. The summed E-state index contributed by atoms with van der Waals surface area (Å²) in [6.45, 7) is 19.8. The average Bonchev–Trinajstić information content (AvgIpc) is 3.47. The van der Waals surface area contributed by atoms with Crippen LogP contribution in [0.25, 0.3) is 22.5 Å². The van der Waals surface area contributed by atoms with Crippen LogP contribution in [0.3, 0.4) is 0 Å². The summed E-state index contributed by atoms with van der Waals surface area (Å²) in [5.41, 5.74) is 12.1. The van der Waals surface area contributed by atoms with Crippen LogP contribution < -0.4 is 30.3 Å². The van der Waals surface area contributed by atoms with Crippen molar-refractivity contribution >= 4 is 63.7 Å². The lowest BCUT2D eigenvalue weighted by Crippen LogP contribution is -2.50. The van der Waals surface area contributed by atoms with E-state index in [9.17, 15) is 9.59 Å². The molecule has 0 atom stereocenters. The zero-order chi connectivity index (χ0) is 55.4. The molecule has 6 aliphatic heterocycles. The Morgan fingerprint density at radius 1 is 0.582 bits per heavy atom. The number of benzene rings is 2. The van der Waals surface area contributed by atoms with Gasteiger partial charge in [0, 0.05) is 135 Å². The van der Waals surface area contributed by atoms with Gasteiger partial charge in [-0.1, -0.05) is 0 Å². The van der Waals surface area contributed by atoms with Crippen molar-refractivity contribution in [2.45, 2.75) is 89.6 Å². The summed E-state index contributed by atoms with van der Waals surface area (Å²) in [6.07, 6.45) is 9.58. The standard InChI is InChI=1S/C29H34N6O4.C15H21IN2O2.C14H14N4O2/c1-28(2,3)39-27(36)35-15-13-34(14-16-35)21-8-6-20(7-9-21)32-26-31-19-22-24-23(5-4-12-30-24)38-29(25(22)33-26)10-17-37-18-11-29;1-15(2,3)20-14(19)18-10-8-17(9-11-18)13-6-4-12(16)5-7-13;15-13-17-8-9-11-10(2-1-5-16-11)20-14(12(9)18-13)3-6-19-7-4-14/h4-9,12,19H,10-11,13-18H2,1-3H3,(H,31,32,33);4-7H,8-11H2,1-3H3;1-2,5,8H,3-4,6-7H2,(H2,15,17,18).